The van der Waals surface area contributed by atoms with Gasteiger partial charge in [0.25, 0.3) is 5.89 Å². The summed E-state index contributed by atoms with van der Waals surface area (Å²) < 4.78 is 15.2. The van der Waals surface area contributed by atoms with Gasteiger partial charge in [0.2, 0.25) is 23.1 Å². The highest BCUT2D eigenvalue weighted by molar-refractivity contribution is 5.69. The van der Waals surface area contributed by atoms with Crippen molar-refractivity contribution < 1.29 is 28.3 Å². The van der Waals surface area contributed by atoms with Crippen LogP contribution in [0.1, 0.15) is 0 Å². The molecule has 8 rings (SSSR count). The van der Waals surface area contributed by atoms with Crippen LogP contribution in [0.5, 0.6) is 11.5 Å². The van der Waals surface area contributed by atoms with Gasteiger partial charge in [0.1, 0.15) is 23.5 Å². The van der Waals surface area contributed by atoms with Crippen LogP contribution in [0.25, 0.3) is 68.1 Å². The molecule has 4 aromatic heterocycles. The van der Waals surface area contributed by atoms with Gasteiger partial charge in [-0.05, 0) is 23.3 Å². The summed E-state index contributed by atoms with van der Waals surface area (Å²) in [5.74, 6) is 1.17. The Kier molecular flexibility index (Phi) is 7.23. The molecule has 9 nitrogen and oxygen atoms in total. The van der Waals surface area contributed by atoms with Crippen LogP contribution >= 0.6 is 0 Å². The molecule has 4 aromatic carbocycles. The van der Waals surface area contributed by atoms with Crippen molar-refractivity contribution in [3.8, 4) is 79.6 Å². The van der Waals surface area contributed by atoms with Crippen LogP contribution in [0.4, 0.5) is 0 Å². The second-order valence-electron chi connectivity index (χ2n) is 11.1. The third kappa shape index (κ3) is 5.56. The van der Waals surface area contributed by atoms with Crippen molar-refractivity contribution in [2.45, 2.75) is 0 Å². The fourth-order valence-electron chi connectivity index (χ4n) is 5.47. The smallest absolute Gasteiger partial charge is 0.262 e. The van der Waals surface area contributed by atoms with E-state index in [2.05, 4.69) is 15.1 Å². The minimum atomic E-state index is 0.0509. The molecular formula is C39H27N5O4+2. The van der Waals surface area contributed by atoms with E-state index in [9.17, 15) is 10.2 Å². The number of aromatic nitrogens is 5. The van der Waals surface area contributed by atoms with Gasteiger partial charge in [0.15, 0.2) is 24.8 Å². The van der Waals surface area contributed by atoms with Gasteiger partial charge in [0, 0.05) is 59.7 Å². The first-order chi connectivity index (χ1) is 23.6. The first-order valence-electron chi connectivity index (χ1n) is 15.2. The van der Waals surface area contributed by atoms with Gasteiger partial charge >= 0.3 is 0 Å². The van der Waals surface area contributed by atoms with E-state index in [4.69, 9.17) is 8.94 Å². The average molecular weight is 630 g/mol. The molecule has 0 spiro atoms. The van der Waals surface area contributed by atoms with E-state index in [1.165, 1.54) is 0 Å². The predicted molar refractivity (Wildman–Crippen MR) is 178 cm³/mol. The Bertz CT molecular complexity index is 2180. The average Bonchev–Trinajstić information content (AvgIpc) is 3.85. The number of benzene rings is 4. The molecular weight excluding hydrogens is 602 g/mol. The lowest BCUT2D eigenvalue weighted by Crippen LogP contribution is -2.29. The number of pyridine rings is 2. The quantitative estimate of drug-likeness (QED) is 0.177. The Balaban J connectivity index is 1.01. The largest absolute Gasteiger partial charge is 0.507 e. The molecule has 230 valence electrons. The predicted octanol–water partition coefficient (Wildman–Crippen LogP) is 7.36. The summed E-state index contributed by atoms with van der Waals surface area (Å²) in [4.78, 5) is 9.10. The zero-order chi connectivity index (χ0) is 32.5. The van der Waals surface area contributed by atoms with Crippen LogP contribution < -0.4 is 9.13 Å². The minimum absolute atomic E-state index is 0.0509. The van der Waals surface area contributed by atoms with E-state index >= 15 is 0 Å². The molecule has 0 aliphatic heterocycles. The molecule has 0 aliphatic carbocycles. The standard InChI is InChI=1S/C39H25N5O4/c45-35-13-11-30(23-32(35)38-40-34(25-47-38)28-7-3-1-4-8-28)43-19-15-26(16-20-43)27-17-21-44(22-18-27)31-12-14-36(46)33(24-31)39-41-37(42-48-39)29-9-5-2-6-10-29/h1-25H/p+2. The topological polar surface area (TPSA) is 113 Å². The summed E-state index contributed by atoms with van der Waals surface area (Å²) in [6.07, 6.45) is 9.46. The maximum atomic E-state index is 10.6. The van der Waals surface area contributed by atoms with Gasteiger partial charge in [0.05, 0.1) is 11.1 Å². The summed E-state index contributed by atoms with van der Waals surface area (Å²) in [5.41, 5.74) is 7.15. The molecule has 8 aromatic rings. The van der Waals surface area contributed by atoms with Gasteiger partial charge in [-0.1, -0.05) is 65.8 Å². The van der Waals surface area contributed by atoms with E-state index in [-0.39, 0.29) is 17.4 Å². The normalized spacial score (nSPS) is 11.1. The molecule has 0 saturated heterocycles. The van der Waals surface area contributed by atoms with E-state index in [0.29, 0.717) is 28.5 Å². The third-order valence-corrected chi connectivity index (χ3v) is 8.04. The molecule has 0 atom stereocenters. The number of nitrogens with zero attached hydrogens (tertiary/aromatic N) is 5. The van der Waals surface area contributed by atoms with Crippen molar-refractivity contribution in [1.82, 2.24) is 15.1 Å². The van der Waals surface area contributed by atoms with Gasteiger partial charge < -0.3 is 19.2 Å². The molecule has 0 saturated carbocycles. The Morgan fingerprint density at radius 2 is 1.02 bits per heavy atom. The minimum Gasteiger partial charge on any atom is -0.507 e. The van der Waals surface area contributed by atoms with Gasteiger partial charge in [-0.25, -0.2) is 4.98 Å². The number of aromatic hydroxyl groups is 2. The first kappa shape index (κ1) is 28.6. The highest BCUT2D eigenvalue weighted by Gasteiger charge is 2.19. The van der Waals surface area contributed by atoms with Gasteiger partial charge in [-0.3, -0.25) is 0 Å². The summed E-state index contributed by atoms with van der Waals surface area (Å²) in [6, 6.07) is 38.0. The monoisotopic (exact) mass is 629 g/mol. The highest BCUT2D eigenvalue weighted by atomic mass is 16.5. The Labute approximate surface area is 274 Å². The zero-order valence-electron chi connectivity index (χ0n) is 25.4. The molecule has 0 unspecified atom stereocenters. The molecule has 0 fully saturated rings. The van der Waals surface area contributed by atoms with Crippen LogP contribution in [-0.2, 0) is 0 Å². The number of phenols is 2. The third-order valence-electron chi connectivity index (χ3n) is 8.04. The van der Waals surface area contributed by atoms with Crippen LogP contribution in [0.3, 0.4) is 0 Å². The number of hydrogen-bond acceptors (Lipinski definition) is 7. The molecule has 2 N–H and O–H groups in total. The van der Waals surface area contributed by atoms with Gasteiger partial charge in [-0.15, -0.1) is 0 Å². The van der Waals surface area contributed by atoms with Crippen LogP contribution in [0.2, 0.25) is 0 Å². The summed E-state index contributed by atoms with van der Waals surface area (Å²) in [7, 11) is 0. The second-order valence-corrected chi connectivity index (χ2v) is 11.1. The second kappa shape index (κ2) is 12.1. The summed E-state index contributed by atoms with van der Waals surface area (Å²) in [6.45, 7) is 0. The number of rotatable bonds is 7. The number of oxazole rings is 1. The highest BCUT2D eigenvalue weighted by Crippen LogP contribution is 2.33. The Morgan fingerprint density at radius 3 is 1.58 bits per heavy atom. The zero-order valence-corrected chi connectivity index (χ0v) is 25.4. The van der Waals surface area contributed by atoms with Crippen molar-refractivity contribution in [3.63, 3.8) is 0 Å². The molecule has 48 heavy (non-hydrogen) atoms. The lowest BCUT2D eigenvalue weighted by atomic mass is 10.1. The van der Waals surface area contributed by atoms with E-state index in [1.54, 1.807) is 18.4 Å². The lowest BCUT2D eigenvalue weighted by molar-refractivity contribution is -0.596. The number of phenolic OH excluding ortho intramolecular Hbond substituents is 2. The number of hydrogen-bond donors (Lipinski definition) is 2. The van der Waals surface area contributed by atoms with Crippen molar-refractivity contribution in [2.75, 3.05) is 0 Å². The van der Waals surface area contributed by atoms with Crippen molar-refractivity contribution >= 4 is 0 Å². The maximum Gasteiger partial charge on any atom is 0.262 e. The van der Waals surface area contributed by atoms with Crippen molar-refractivity contribution in [3.05, 3.63) is 152 Å². The van der Waals surface area contributed by atoms with E-state index in [0.717, 1.165) is 33.6 Å². The summed E-state index contributed by atoms with van der Waals surface area (Å²) >= 11 is 0. The maximum absolute atomic E-state index is 10.6. The van der Waals surface area contributed by atoms with E-state index in [1.807, 2.05) is 143 Å². The summed E-state index contributed by atoms with van der Waals surface area (Å²) in [5, 5.41) is 25.3. The molecule has 0 radical (unpaired) electrons. The van der Waals surface area contributed by atoms with E-state index < -0.39 is 0 Å². The van der Waals surface area contributed by atoms with Crippen LogP contribution in [0.15, 0.2) is 161 Å². The first-order valence-corrected chi connectivity index (χ1v) is 15.2. The molecule has 0 bridgehead atoms. The van der Waals surface area contributed by atoms with Crippen LogP contribution in [-0.4, -0.2) is 25.3 Å². The van der Waals surface area contributed by atoms with Gasteiger partial charge in [-0.2, -0.15) is 14.1 Å². The molecule has 0 amide bonds. The fourth-order valence-corrected chi connectivity index (χ4v) is 5.47. The van der Waals surface area contributed by atoms with Crippen molar-refractivity contribution in [1.29, 1.82) is 0 Å². The van der Waals surface area contributed by atoms with Crippen molar-refractivity contribution in [2.24, 2.45) is 0 Å². The Hall–Kier alpha value is -6.87. The SMILES string of the molecule is Oc1ccc(-[n+]2ccc(-c3cc[n+](-c4ccc(O)c(-c5nc(-c6ccccc6)no5)c4)cc3)cc2)cc1-c1nc(-c2ccccc2)co1. The fraction of sp³-hybridized carbons (Fsp3) is 0. The lowest BCUT2D eigenvalue weighted by Gasteiger charge is -2.04. The van der Waals surface area contributed by atoms with Crippen LogP contribution in [0, 0.1) is 0 Å². The molecule has 9 heteroatoms. The Morgan fingerprint density at radius 1 is 0.500 bits per heavy atom. The molecule has 4 heterocycles. The molecule has 0 aliphatic rings.